The zero-order valence-electron chi connectivity index (χ0n) is 10.5. The number of benzene rings is 1. The lowest BCUT2D eigenvalue weighted by molar-refractivity contribution is 0.721. The number of nitrogens with zero attached hydrogens (tertiary/aromatic N) is 1. The van der Waals surface area contributed by atoms with Gasteiger partial charge in [0.25, 0.3) is 0 Å². The lowest BCUT2D eigenvalue weighted by Gasteiger charge is -2.10. The van der Waals surface area contributed by atoms with Gasteiger partial charge in [0.2, 0.25) is 0 Å². The van der Waals surface area contributed by atoms with E-state index in [2.05, 4.69) is 29.4 Å². The van der Waals surface area contributed by atoms with Crippen LogP contribution >= 0.6 is 11.6 Å². The van der Waals surface area contributed by atoms with Crippen LogP contribution in [0.4, 0.5) is 0 Å². The molecule has 1 N–H and O–H groups in total. The fraction of sp³-hybridized carbons (Fsp3) is 0.267. The van der Waals surface area contributed by atoms with E-state index in [9.17, 15) is 0 Å². The van der Waals surface area contributed by atoms with Crippen molar-refractivity contribution in [1.82, 2.24) is 10.3 Å². The van der Waals surface area contributed by atoms with E-state index in [-0.39, 0.29) is 0 Å². The highest BCUT2D eigenvalue weighted by Gasteiger charge is 2.04. The molecule has 2 nitrogen and oxygen atoms in total. The van der Waals surface area contributed by atoms with Crippen LogP contribution in [0.15, 0.2) is 42.7 Å². The van der Waals surface area contributed by atoms with Crippen LogP contribution in [-0.4, -0.2) is 11.5 Å². The molecule has 0 aliphatic rings. The van der Waals surface area contributed by atoms with Gasteiger partial charge in [-0.05, 0) is 53.9 Å². The highest BCUT2D eigenvalue weighted by atomic mass is 35.5. The molecule has 0 aliphatic heterocycles. The van der Waals surface area contributed by atoms with Gasteiger partial charge < -0.3 is 5.32 Å². The number of halogens is 1. The third-order valence-electron chi connectivity index (χ3n) is 2.88. The van der Waals surface area contributed by atoms with E-state index in [1.54, 1.807) is 0 Å². The maximum Gasteiger partial charge on any atom is 0.0409 e. The van der Waals surface area contributed by atoms with Gasteiger partial charge in [-0.3, -0.25) is 4.98 Å². The maximum absolute atomic E-state index is 6.08. The second-order valence-corrected chi connectivity index (χ2v) is 4.66. The summed E-state index contributed by atoms with van der Waals surface area (Å²) in [5.41, 5.74) is 3.83. The van der Waals surface area contributed by atoms with Gasteiger partial charge in [0.05, 0.1) is 0 Å². The van der Waals surface area contributed by atoms with Crippen LogP contribution in [0.5, 0.6) is 0 Å². The van der Waals surface area contributed by atoms with E-state index < -0.39 is 0 Å². The fourth-order valence-electron chi connectivity index (χ4n) is 1.91. The van der Waals surface area contributed by atoms with Gasteiger partial charge in [-0.1, -0.05) is 24.6 Å². The topological polar surface area (TPSA) is 24.9 Å². The molecule has 1 heterocycles. The van der Waals surface area contributed by atoms with E-state index in [1.807, 2.05) is 30.6 Å². The second-order valence-electron chi connectivity index (χ2n) is 4.23. The molecule has 0 bridgehead atoms. The first-order valence-corrected chi connectivity index (χ1v) is 6.54. The molecule has 0 spiro atoms. The molecule has 0 radical (unpaired) electrons. The molecule has 1 aromatic heterocycles. The number of hydrogen-bond acceptors (Lipinski definition) is 2. The smallest absolute Gasteiger partial charge is 0.0409 e. The Bertz CT molecular complexity index is 497. The van der Waals surface area contributed by atoms with Gasteiger partial charge in [0, 0.05) is 24.0 Å². The monoisotopic (exact) mass is 260 g/mol. The molecule has 0 saturated heterocycles. The Balaban J connectivity index is 2.22. The minimum Gasteiger partial charge on any atom is -0.313 e. The summed E-state index contributed by atoms with van der Waals surface area (Å²) in [4.78, 5) is 4.04. The van der Waals surface area contributed by atoms with Gasteiger partial charge in [-0.25, -0.2) is 0 Å². The van der Waals surface area contributed by atoms with Gasteiger partial charge in [-0.15, -0.1) is 0 Å². The first-order chi connectivity index (χ1) is 8.79. The van der Waals surface area contributed by atoms with Gasteiger partial charge in [0.15, 0.2) is 0 Å². The largest absolute Gasteiger partial charge is 0.313 e. The first-order valence-electron chi connectivity index (χ1n) is 6.16. The molecule has 94 valence electrons. The minimum absolute atomic E-state index is 0.791. The summed E-state index contributed by atoms with van der Waals surface area (Å²) in [6.07, 6.45) is 4.54. The summed E-state index contributed by atoms with van der Waals surface area (Å²) in [6.45, 7) is 3.96. The molecule has 0 aliphatic carbocycles. The molecule has 1 aromatic carbocycles. The quantitative estimate of drug-likeness (QED) is 0.891. The third kappa shape index (κ3) is 3.56. The Morgan fingerprint density at radius 1 is 1.11 bits per heavy atom. The summed E-state index contributed by atoms with van der Waals surface area (Å²) < 4.78 is 0. The van der Waals surface area contributed by atoms with E-state index in [0.29, 0.717) is 0 Å². The minimum atomic E-state index is 0.791. The Morgan fingerprint density at radius 2 is 1.89 bits per heavy atom. The first kappa shape index (κ1) is 13.1. The number of rotatable bonds is 5. The number of hydrogen-bond donors (Lipinski definition) is 1. The molecular weight excluding hydrogens is 244 g/mol. The fourth-order valence-corrected chi connectivity index (χ4v) is 2.11. The number of nitrogens with one attached hydrogen (secondary N) is 1. The van der Waals surface area contributed by atoms with E-state index in [0.717, 1.165) is 24.5 Å². The van der Waals surface area contributed by atoms with Gasteiger partial charge in [0.1, 0.15) is 0 Å². The summed E-state index contributed by atoms with van der Waals surface area (Å²) in [5.74, 6) is 0. The van der Waals surface area contributed by atoms with Crippen molar-refractivity contribution in [3.05, 3.63) is 64.4 Å². The van der Waals surface area contributed by atoms with Crippen LogP contribution < -0.4 is 5.32 Å². The summed E-state index contributed by atoms with van der Waals surface area (Å²) in [5, 5.41) is 4.15. The molecular formula is C15H17ClN2. The van der Waals surface area contributed by atoms with Crippen molar-refractivity contribution in [2.75, 3.05) is 6.54 Å². The van der Waals surface area contributed by atoms with E-state index in [4.69, 9.17) is 11.6 Å². The van der Waals surface area contributed by atoms with E-state index >= 15 is 0 Å². The van der Waals surface area contributed by atoms with Crippen molar-refractivity contribution in [2.45, 2.75) is 19.9 Å². The van der Waals surface area contributed by atoms with Crippen molar-refractivity contribution in [1.29, 1.82) is 0 Å². The molecule has 2 aromatic rings. The molecule has 0 atom stereocenters. The van der Waals surface area contributed by atoms with Crippen LogP contribution in [0, 0.1) is 0 Å². The van der Waals surface area contributed by atoms with Crippen LogP contribution in [0.3, 0.4) is 0 Å². The molecule has 2 rings (SSSR count). The highest BCUT2D eigenvalue weighted by Crippen LogP contribution is 2.19. The summed E-state index contributed by atoms with van der Waals surface area (Å²) in [6, 6.07) is 10.2. The van der Waals surface area contributed by atoms with Crippen LogP contribution in [0.2, 0.25) is 5.02 Å². The average Bonchev–Trinajstić information content (AvgIpc) is 2.39. The van der Waals surface area contributed by atoms with Crippen LogP contribution in [0.25, 0.3) is 0 Å². The van der Waals surface area contributed by atoms with Crippen molar-refractivity contribution >= 4 is 11.6 Å². The lowest BCUT2D eigenvalue weighted by atomic mass is 10.0. The standard InChI is InChI=1S/C15H17ClN2/c1-2-17-11-13-3-4-15(16)10-14(13)9-12-5-7-18-8-6-12/h3-8,10,17H,2,9,11H2,1H3. The summed E-state index contributed by atoms with van der Waals surface area (Å²) in [7, 11) is 0. The predicted octanol–water partition coefficient (Wildman–Crippen LogP) is 3.44. The number of aromatic nitrogens is 1. The maximum atomic E-state index is 6.08. The second kappa shape index (κ2) is 6.53. The molecule has 18 heavy (non-hydrogen) atoms. The molecule has 0 amide bonds. The van der Waals surface area contributed by atoms with Crippen molar-refractivity contribution < 1.29 is 0 Å². The zero-order chi connectivity index (χ0) is 12.8. The van der Waals surface area contributed by atoms with Crippen molar-refractivity contribution in [3.8, 4) is 0 Å². The third-order valence-corrected chi connectivity index (χ3v) is 3.11. The Kier molecular flexibility index (Phi) is 4.73. The zero-order valence-corrected chi connectivity index (χ0v) is 11.2. The average molecular weight is 261 g/mol. The SMILES string of the molecule is CCNCc1ccc(Cl)cc1Cc1ccncc1. The predicted molar refractivity (Wildman–Crippen MR) is 75.9 cm³/mol. The van der Waals surface area contributed by atoms with Gasteiger partial charge in [-0.2, -0.15) is 0 Å². The molecule has 3 heteroatoms. The van der Waals surface area contributed by atoms with Crippen molar-refractivity contribution in [2.24, 2.45) is 0 Å². The summed E-state index contributed by atoms with van der Waals surface area (Å²) >= 11 is 6.08. The molecule has 0 unspecified atom stereocenters. The molecule has 0 saturated carbocycles. The molecule has 0 fully saturated rings. The van der Waals surface area contributed by atoms with E-state index in [1.165, 1.54) is 16.7 Å². The van der Waals surface area contributed by atoms with Crippen LogP contribution in [0.1, 0.15) is 23.6 Å². The lowest BCUT2D eigenvalue weighted by Crippen LogP contribution is -2.13. The van der Waals surface area contributed by atoms with Crippen LogP contribution in [-0.2, 0) is 13.0 Å². The Morgan fingerprint density at radius 3 is 2.61 bits per heavy atom. The Hall–Kier alpha value is -1.38. The Labute approximate surface area is 113 Å². The number of pyridine rings is 1. The normalized spacial score (nSPS) is 10.6. The van der Waals surface area contributed by atoms with Gasteiger partial charge >= 0.3 is 0 Å². The highest BCUT2D eigenvalue weighted by molar-refractivity contribution is 6.30. The van der Waals surface area contributed by atoms with Crippen molar-refractivity contribution in [3.63, 3.8) is 0 Å².